The molecule has 0 saturated carbocycles. The van der Waals surface area contributed by atoms with E-state index in [2.05, 4.69) is 15.5 Å². The third-order valence-electron chi connectivity index (χ3n) is 6.36. The van der Waals surface area contributed by atoms with Crippen molar-refractivity contribution in [3.8, 4) is 17.2 Å². The van der Waals surface area contributed by atoms with E-state index in [0.717, 1.165) is 22.5 Å². The molecule has 0 aliphatic rings. The largest absolute Gasteiger partial charge is 0.497 e. The molecular weight excluding hydrogens is 458 g/mol. The molecule has 9 nitrogen and oxygen atoms in total. The SMILES string of the molecule is COc1ccc(CCNC(=O)[C@@H](C)n2nc(C)c3c(C)n(-c4ccc(C)cc4)nc3c2=O)c(OC)c1. The van der Waals surface area contributed by atoms with Crippen molar-refractivity contribution in [1.82, 2.24) is 24.9 Å². The van der Waals surface area contributed by atoms with Crippen molar-refractivity contribution in [1.29, 1.82) is 0 Å². The van der Waals surface area contributed by atoms with Gasteiger partial charge in [-0.3, -0.25) is 9.59 Å². The van der Waals surface area contributed by atoms with Crippen molar-refractivity contribution in [3.63, 3.8) is 0 Å². The lowest BCUT2D eigenvalue weighted by Crippen LogP contribution is -2.38. The van der Waals surface area contributed by atoms with Gasteiger partial charge in [0.25, 0.3) is 5.56 Å². The Hall–Kier alpha value is -4.14. The molecule has 1 N–H and O–H groups in total. The van der Waals surface area contributed by atoms with Gasteiger partial charge < -0.3 is 14.8 Å². The van der Waals surface area contributed by atoms with Crippen molar-refractivity contribution < 1.29 is 14.3 Å². The second kappa shape index (κ2) is 10.2. The van der Waals surface area contributed by atoms with Gasteiger partial charge in [0, 0.05) is 12.6 Å². The highest BCUT2D eigenvalue weighted by Gasteiger charge is 2.23. The number of hydrogen-bond acceptors (Lipinski definition) is 6. The maximum Gasteiger partial charge on any atom is 0.295 e. The summed E-state index contributed by atoms with van der Waals surface area (Å²) < 4.78 is 13.6. The van der Waals surface area contributed by atoms with Gasteiger partial charge in [-0.25, -0.2) is 9.36 Å². The van der Waals surface area contributed by atoms with E-state index < -0.39 is 11.6 Å². The summed E-state index contributed by atoms with van der Waals surface area (Å²) in [5.74, 6) is 1.09. The highest BCUT2D eigenvalue weighted by atomic mass is 16.5. The molecule has 2 aromatic heterocycles. The topological polar surface area (TPSA) is 100 Å². The van der Waals surface area contributed by atoms with Crippen LogP contribution in [0.2, 0.25) is 0 Å². The number of benzene rings is 2. The first-order valence-electron chi connectivity index (χ1n) is 11.8. The molecule has 2 aromatic carbocycles. The van der Waals surface area contributed by atoms with E-state index in [4.69, 9.17) is 9.47 Å². The molecule has 9 heteroatoms. The summed E-state index contributed by atoms with van der Waals surface area (Å²) in [6, 6.07) is 12.7. The number of rotatable bonds is 8. The van der Waals surface area contributed by atoms with Crippen LogP contribution < -0.4 is 20.3 Å². The number of carbonyl (C=O) groups is 1. The third-order valence-corrected chi connectivity index (χ3v) is 6.36. The Bertz CT molecular complexity index is 1470. The fourth-order valence-corrected chi connectivity index (χ4v) is 4.29. The van der Waals surface area contributed by atoms with Crippen molar-refractivity contribution >= 4 is 16.8 Å². The van der Waals surface area contributed by atoms with Crippen LogP contribution in [0.15, 0.2) is 47.3 Å². The Balaban J connectivity index is 1.55. The molecular formula is C27H31N5O4. The zero-order chi connectivity index (χ0) is 26.0. The number of amides is 1. The van der Waals surface area contributed by atoms with Crippen LogP contribution in [0.1, 0.15) is 35.5 Å². The first kappa shape index (κ1) is 25.0. The predicted molar refractivity (Wildman–Crippen MR) is 138 cm³/mol. The van der Waals surface area contributed by atoms with E-state index in [1.54, 1.807) is 31.9 Å². The second-order valence-electron chi connectivity index (χ2n) is 8.79. The first-order chi connectivity index (χ1) is 17.2. The van der Waals surface area contributed by atoms with Crippen LogP contribution in [-0.4, -0.2) is 46.2 Å². The number of nitrogens with one attached hydrogen (secondary N) is 1. The summed E-state index contributed by atoms with van der Waals surface area (Å²) in [7, 11) is 3.19. The fourth-order valence-electron chi connectivity index (χ4n) is 4.29. The lowest BCUT2D eigenvalue weighted by atomic mass is 10.1. The number of methoxy groups -OCH3 is 2. The quantitative estimate of drug-likeness (QED) is 0.407. The highest BCUT2D eigenvalue weighted by molar-refractivity contribution is 5.84. The van der Waals surface area contributed by atoms with Crippen molar-refractivity contribution in [3.05, 3.63) is 75.3 Å². The minimum atomic E-state index is -0.803. The standard InChI is InChI=1S/C27H31N5O4/c1-16-7-10-21(11-8-16)31-18(3)24-17(2)29-32(27(34)25(24)30-31)19(4)26(33)28-14-13-20-9-12-22(35-5)15-23(20)36-6/h7-12,15,19H,13-14H2,1-6H3,(H,28,33)/t19-/m1/s1. The van der Waals surface area contributed by atoms with Gasteiger partial charge in [-0.05, 0) is 57.9 Å². The van der Waals surface area contributed by atoms with E-state index in [1.165, 1.54) is 4.68 Å². The third kappa shape index (κ3) is 4.68. The van der Waals surface area contributed by atoms with Crippen LogP contribution in [0.25, 0.3) is 16.6 Å². The molecule has 1 atom stereocenters. The Morgan fingerprint density at radius 1 is 1.03 bits per heavy atom. The van der Waals surface area contributed by atoms with Crippen LogP contribution in [0, 0.1) is 20.8 Å². The molecule has 4 rings (SSSR count). The lowest BCUT2D eigenvalue weighted by molar-refractivity contribution is -0.124. The number of aromatic nitrogens is 4. The van der Waals surface area contributed by atoms with Crippen molar-refractivity contribution in [2.24, 2.45) is 0 Å². The van der Waals surface area contributed by atoms with Crippen LogP contribution in [0.3, 0.4) is 0 Å². The average molecular weight is 490 g/mol. The highest BCUT2D eigenvalue weighted by Crippen LogP contribution is 2.25. The molecule has 0 spiro atoms. The average Bonchev–Trinajstić information content (AvgIpc) is 3.24. The summed E-state index contributed by atoms with van der Waals surface area (Å²) in [6.45, 7) is 7.79. The minimum absolute atomic E-state index is 0.295. The maximum absolute atomic E-state index is 13.3. The molecule has 2 heterocycles. The molecule has 0 aliphatic carbocycles. The fraction of sp³-hybridized carbons (Fsp3) is 0.333. The number of ether oxygens (including phenoxy) is 2. The van der Waals surface area contributed by atoms with Crippen LogP contribution in [-0.2, 0) is 11.2 Å². The van der Waals surface area contributed by atoms with Crippen LogP contribution in [0.5, 0.6) is 11.5 Å². The molecule has 4 aromatic rings. The normalized spacial score (nSPS) is 11.9. The summed E-state index contributed by atoms with van der Waals surface area (Å²) in [5.41, 5.74) is 4.30. The van der Waals surface area contributed by atoms with Gasteiger partial charge in [0.2, 0.25) is 5.91 Å². The van der Waals surface area contributed by atoms with Gasteiger partial charge in [-0.1, -0.05) is 23.8 Å². The van der Waals surface area contributed by atoms with Gasteiger partial charge >= 0.3 is 0 Å². The Labute approximate surface area is 209 Å². The lowest BCUT2D eigenvalue weighted by Gasteiger charge is -2.15. The molecule has 36 heavy (non-hydrogen) atoms. The van der Waals surface area contributed by atoms with Gasteiger partial charge in [0.15, 0.2) is 5.52 Å². The van der Waals surface area contributed by atoms with Gasteiger partial charge in [0.05, 0.1) is 36.7 Å². The van der Waals surface area contributed by atoms with E-state index in [-0.39, 0.29) is 5.91 Å². The smallest absolute Gasteiger partial charge is 0.295 e. The first-order valence-corrected chi connectivity index (χ1v) is 11.8. The number of nitrogens with zero attached hydrogens (tertiary/aromatic N) is 4. The van der Waals surface area contributed by atoms with Crippen molar-refractivity contribution in [2.75, 3.05) is 20.8 Å². The Morgan fingerprint density at radius 2 is 1.75 bits per heavy atom. The molecule has 0 aliphatic heterocycles. The number of aryl methyl sites for hydroxylation is 3. The summed E-state index contributed by atoms with van der Waals surface area (Å²) in [6.07, 6.45) is 0.562. The number of fused-ring (bicyclic) bond motifs is 1. The minimum Gasteiger partial charge on any atom is -0.497 e. The predicted octanol–water partition coefficient (Wildman–Crippen LogP) is 3.44. The number of hydrogen-bond donors (Lipinski definition) is 1. The molecule has 1 amide bonds. The van der Waals surface area contributed by atoms with Gasteiger partial charge in [-0.2, -0.15) is 10.2 Å². The summed E-state index contributed by atoms with van der Waals surface area (Å²) in [5, 5.41) is 12.7. The zero-order valence-corrected chi connectivity index (χ0v) is 21.5. The number of carbonyl (C=O) groups excluding carboxylic acids is 1. The molecule has 0 radical (unpaired) electrons. The van der Waals surface area contributed by atoms with E-state index in [0.29, 0.717) is 41.1 Å². The Morgan fingerprint density at radius 3 is 2.42 bits per heavy atom. The second-order valence-corrected chi connectivity index (χ2v) is 8.79. The summed E-state index contributed by atoms with van der Waals surface area (Å²) in [4.78, 5) is 26.3. The Kier molecular flexibility index (Phi) is 7.10. The maximum atomic E-state index is 13.3. The molecule has 0 bridgehead atoms. The van der Waals surface area contributed by atoms with E-state index in [9.17, 15) is 9.59 Å². The van der Waals surface area contributed by atoms with Gasteiger partial charge in [-0.15, -0.1) is 0 Å². The van der Waals surface area contributed by atoms with Gasteiger partial charge in [0.1, 0.15) is 17.5 Å². The van der Waals surface area contributed by atoms with Crippen molar-refractivity contribution in [2.45, 2.75) is 40.2 Å². The van der Waals surface area contributed by atoms with E-state index in [1.807, 2.05) is 57.2 Å². The zero-order valence-electron chi connectivity index (χ0n) is 21.5. The molecule has 0 saturated heterocycles. The summed E-state index contributed by atoms with van der Waals surface area (Å²) >= 11 is 0. The van der Waals surface area contributed by atoms with Crippen LogP contribution >= 0.6 is 0 Å². The monoisotopic (exact) mass is 489 g/mol. The van der Waals surface area contributed by atoms with Crippen LogP contribution in [0.4, 0.5) is 0 Å². The molecule has 188 valence electrons. The van der Waals surface area contributed by atoms with E-state index >= 15 is 0 Å². The molecule has 0 unspecified atom stereocenters. The molecule has 0 fully saturated rings.